The number of piperidine rings is 1. The second-order valence-electron chi connectivity index (χ2n) is 5.93. The van der Waals surface area contributed by atoms with Crippen molar-refractivity contribution >= 4 is 17.4 Å². The predicted octanol–water partition coefficient (Wildman–Crippen LogP) is 2.15. The van der Waals surface area contributed by atoms with Gasteiger partial charge < -0.3 is 10.2 Å². The Hall–Kier alpha value is -2.88. The SMILES string of the molecule is O=C(NCc1nc(-c2cnccn2)n[nH]1)N1CCCC[C@@H]1c1nccs1. The van der Waals surface area contributed by atoms with Crippen LogP contribution in [0, 0.1) is 0 Å². The number of hydrogen-bond acceptors (Lipinski definition) is 7. The first kappa shape index (κ1) is 16.6. The first-order valence-electron chi connectivity index (χ1n) is 8.43. The van der Waals surface area contributed by atoms with Crippen LogP contribution in [0.4, 0.5) is 4.79 Å². The summed E-state index contributed by atoms with van der Waals surface area (Å²) < 4.78 is 0. The van der Waals surface area contributed by atoms with Crippen LogP contribution >= 0.6 is 11.3 Å². The molecular weight excluding hydrogens is 352 g/mol. The van der Waals surface area contributed by atoms with E-state index in [2.05, 4.69) is 35.5 Å². The highest BCUT2D eigenvalue weighted by Gasteiger charge is 2.29. The second-order valence-corrected chi connectivity index (χ2v) is 6.86. The molecule has 0 radical (unpaired) electrons. The number of nitrogens with one attached hydrogen (secondary N) is 2. The molecule has 2 N–H and O–H groups in total. The van der Waals surface area contributed by atoms with Gasteiger partial charge in [0.2, 0.25) is 5.82 Å². The van der Waals surface area contributed by atoms with Crippen molar-refractivity contribution in [2.24, 2.45) is 0 Å². The Bertz CT molecular complexity index is 850. The van der Waals surface area contributed by atoms with Crippen molar-refractivity contribution in [3.05, 3.63) is 41.0 Å². The quantitative estimate of drug-likeness (QED) is 0.728. The van der Waals surface area contributed by atoms with Crippen molar-refractivity contribution in [1.82, 2.24) is 40.3 Å². The fraction of sp³-hybridized carbons (Fsp3) is 0.375. The number of likely N-dealkylation sites (tertiary alicyclic amines) is 1. The molecule has 0 bridgehead atoms. The van der Waals surface area contributed by atoms with Crippen LogP contribution in [-0.4, -0.2) is 47.6 Å². The van der Waals surface area contributed by atoms with Crippen molar-refractivity contribution in [2.45, 2.75) is 31.8 Å². The molecule has 26 heavy (non-hydrogen) atoms. The summed E-state index contributed by atoms with van der Waals surface area (Å²) in [7, 11) is 0. The topological polar surface area (TPSA) is 113 Å². The zero-order chi connectivity index (χ0) is 17.8. The van der Waals surface area contributed by atoms with Gasteiger partial charge in [0.05, 0.1) is 18.8 Å². The number of hydrogen-bond donors (Lipinski definition) is 2. The van der Waals surface area contributed by atoms with Crippen molar-refractivity contribution < 1.29 is 4.79 Å². The van der Waals surface area contributed by atoms with Gasteiger partial charge >= 0.3 is 6.03 Å². The average Bonchev–Trinajstić information content (AvgIpc) is 3.39. The van der Waals surface area contributed by atoms with Gasteiger partial charge in [-0.15, -0.1) is 11.3 Å². The van der Waals surface area contributed by atoms with Crippen LogP contribution in [-0.2, 0) is 6.54 Å². The van der Waals surface area contributed by atoms with E-state index in [0.717, 1.165) is 30.8 Å². The summed E-state index contributed by atoms with van der Waals surface area (Å²) in [5.41, 5.74) is 0.584. The van der Waals surface area contributed by atoms with Crippen molar-refractivity contribution in [3.8, 4) is 11.5 Å². The lowest BCUT2D eigenvalue weighted by molar-refractivity contribution is 0.151. The Morgan fingerprint density at radius 1 is 1.31 bits per heavy atom. The number of carbonyl (C=O) groups is 1. The maximum atomic E-state index is 12.7. The molecule has 3 aromatic heterocycles. The van der Waals surface area contributed by atoms with Gasteiger partial charge in [-0.3, -0.25) is 10.1 Å². The van der Waals surface area contributed by atoms with Gasteiger partial charge in [-0.25, -0.2) is 19.7 Å². The number of rotatable bonds is 4. The average molecular weight is 370 g/mol. The van der Waals surface area contributed by atoms with Crippen LogP contribution < -0.4 is 5.32 Å². The highest BCUT2D eigenvalue weighted by Crippen LogP contribution is 2.31. The van der Waals surface area contributed by atoms with Gasteiger partial charge in [-0.05, 0) is 19.3 Å². The van der Waals surface area contributed by atoms with E-state index < -0.39 is 0 Å². The molecule has 1 aliphatic rings. The predicted molar refractivity (Wildman–Crippen MR) is 95.1 cm³/mol. The number of aromatic nitrogens is 6. The minimum atomic E-state index is -0.109. The van der Waals surface area contributed by atoms with E-state index in [4.69, 9.17) is 0 Å². The standard InChI is InChI=1S/C16H18N8OS/c25-16(24-7-2-1-3-12(24)15-19-6-8-26-15)20-10-13-21-14(23-22-13)11-9-17-4-5-18-11/h4-6,8-9,12H,1-3,7,10H2,(H,20,25)(H,21,22,23)/t12-/m1/s1. The maximum absolute atomic E-state index is 12.7. The summed E-state index contributed by atoms with van der Waals surface area (Å²) in [6, 6.07) is -0.0593. The Kier molecular flexibility index (Phi) is 4.82. The molecule has 0 aromatic carbocycles. The lowest BCUT2D eigenvalue weighted by atomic mass is 10.0. The number of aromatic amines is 1. The molecule has 0 aliphatic carbocycles. The highest BCUT2D eigenvalue weighted by atomic mass is 32.1. The van der Waals surface area contributed by atoms with E-state index in [-0.39, 0.29) is 18.6 Å². The van der Waals surface area contributed by atoms with Gasteiger partial charge in [-0.2, -0.15) is 5.10 Å². The van der Waals surface area contributed by atoms with Gasteiger partial charge in [0.1, 0.15) is 16.5 Å². The van der Waals surface area contributed by atoms with Crippen LogP contribution in [0.2, 0.25) is 0 Å². The zero-order valence-electron chi connectivity index (χ0n) is 14.0. The van der Waals surface area contributed by atoms with Gasteiger partial charge in [-0.1, -0.05) is 0 Å². The number of amides is 2. The zero-order valence-corrected chi connectivity index (χ0v) is 14.8. The van der Waals surface area contributed by atoms with Crippen LogP contribution in [0.25, 0.3) is 11.5 Å². The Labute approximate surface area is 153 Å². The molecule has 1 aliphatic heterocycles. The molecule has 0 spiro atoms. The first-order valence-corrected chi connectivity index (χ1v) is 9.31. The fourth-order valence-corrected chi connectivity index (χ4v) is 3.78. The lowest BCUT2D eigenvalue weighted by Crippen LogP contribution is -2.44. The van der Waals surface area contributed by atoms with E-state index in [1.165, 1.54) is 0 Å². The Morgan fingerprint density at radius 3 is 3.08 bits per heavy atom. The highest BCUT2D eigenvalue weighted by molar-refractivity contribution is 7.09. The summed E-state index contributed by atoms with van der Waals surface area (Å²) in [6.07, 6.45) is 9.62. The smallest absolute Gasteiger partial charge is 0.318 e. The monoisotopic (exact) mass is 370 g/mol. The molecular formula is C16H18N8OS. The molecule has 4 rings (SSSR count). The van der Waals surface area contributed by atoms with Gasteiger partial charge in [0.25, 0.3) is 0 Å². The third kappa shape index (κ3) is 3.54. The van der Waals surface area contributed by atoms with E-state index in [9.17, 15) is 4.79 Å². The molecule has 3 aromatic rings. The van der Waals surface area contributed by atoms with Crippen LogP contribution in [0.3, 0.4) is 0 Å². The molecule has 1 saturated heterocycles. The molecule has 0 saturated carbocycles. The molecule has 0 unspecified atom stereocenters. The van der Waals surface area contributed by atoms with Gasteiger partial charge in [0, 0.05) is 30.5 Å². The largest absolute Gasteiger partial charge is 0.331 e. The number of H-pyrrole nitrogens is 1. The van der Waals surface area contributed by atoms with Crippen molar-refractivity contribution in [3.63, 3.8) is 0 Å². The van der Waals surface area contributed by atoms with E-state index in [1.54, 1.807) is 36.1 Å². The summed E-state index contributed by atoms with van der Waals surface area (Å²) in [6.45, 7) is 1.00. The van der Waals surface area contributed by atoms with Crippen LogP contribution in [0.15, 0.2) is 30.2 Å². The van der Waals surface area contributed by atoms with E-state index in [0.29, 0.717) is 17.3 Å². The Balaban J connectivity index is 1.40. The lowest BCUT2D eigenvalue weighted by Gasteiger charge is -2.34. The normalized spacial score (nSPS) is 17.2. The Morgan fingerprint density at radius 2 is 2.27 bits per heavy atom. The van der Waals surface area contributed by atoms with Crippen molar-refractivity contribution in [2.75, 3.05) is 6.54 Å². The molecule has 9 nitrogen and oxygen atoms in total. The molecule has 1 atom stereocenters. The van der Waals surface area contributed by atoms with E-state index in [1.807, 2.05) is 10.3 Å². The summed E-state index contributed by atoms with van der Waals surface area (Å²) in [5.74, 6) is 1.03. The minimum Gasteiger partial charge on any atom is -0.331 e. The summed E-state index contributed by atoms with van der Waals surface area (Å²) in [5, 5.41) is 12.8. The molecule has 10 heteroatoms. The number of urea groups is 1. The second kappa shape index (κ2) is 7.56. The molecule has 2 amide bonds. The molecule has 1 fully saturated rings. The number of nitrogens with zero attached hydrogens (tertiary/aromatic N) is 6. The summed E-state index contributed by atoms with van der Waals surface area (Å²) in [4.78, 5) is 31.4. The fourth-order valence-electron chi connectivity index (χ4n) is 2.99. The van der Waals surface area contributed by atoms with E-state index >= 15 is 0 Å². The third-order valence-corrected chi connectivity index (χ3v) is 5.11. The van der Waals surface area contributed by atoms with Crippen LogP contribution in [0.5, 0.6) is 0 Å². The third-order valence-electron chi connectivity index (χ3n) is 4.23. The number of thiazole rings is 1. The number of carbonyl (C=O) groups excluding carboxylic acids is 1. The minimum absolute atomic E-state index is 0.0497. The maximum Gasteiger partial charge on any atom is 0.318 e. The van der Waals surface area contributed by atoms with Gasteiger partial charge in [0.15, 0.2) is 0 Å². The molecule has 134 valence electrons. The first-order chi connectivity index (χ1) is 12.8. The van der Waals surface area contributed by atoms with Crippen molar-refractivity contribution in [1.29, 1.82) is 0 Å². The van der Waals surface area contributed by atoms with Crippen LogP contribution in [0.1, 0.15) is 36.1 Å². The molecule has 4 heterocycles. The summed E-state index contributed by atoms with van der Waals surface area (Å²) >= 11 is 1.59.